The second kappa shape index (κ2) is 11.0. The minimum Gasteiger partial charge on any atom is -0.376 e. The lowest BCUT2D eigenvalue weighted by molar-refractivity contribution is -0.0212. The quantitative estimate of drug-likeness (QED) is 0.496. The van der Waals surface area contributed by atoms with Crippen LogP contribution >= 0.6 is 0 Å². The molecule has 3 aromatic rings. The van der Waals surface area contributed by atoms with Gasteiger partial charge in [0.25, 0.3) is 15.9 Å². The molecule has 0 saturated carbocycles. The molecule has 8 heteroatoms. The van der Waals surface area contributed by atoms with Crippen LogP contribution in [0.1, 0.15) is 34.0 Å². The number of hydrogen-bond acceptors (Lipinski definition) is 5. The molecule has 1 aliphatic heterocycles. The summed E-state index contributed by atoms with van der Waals surface area (Å²) in [7, 11) is -3.82. The Morgan fingerprint density at radius 3 is 2.60 bits per heavy atom. The number of carbonyl (C=O) groups excluding carboxylic acids is 1. The average Bonchev–Trinajstić information content (AvgIpc) is 2.83. The summed E-state index contributed by atoms with van der Waals surface area (Å²) >= 11 is 0. The topological polar surface area (TPSA) is 87.7 Å². The van der Waals surface area contributed by atoms with E-state index in [0.29, 0.717) is 12.2 Å². The van der Waals surface area contributed by atoms with Gasteiger partial charge in [0.1, 0.15) is 0 Å². The van der Waals surface area contributed by atoms with E-state index in [-0.39, 0.29) is 22.5 Å². The molecule has 0 aromatic heterocycles. The van der Waals surface area contributed by atoms with Crippen LogP contribution in [0.25, 0.3) is 0 Å². The predicted molar refractivity (Wildman–Crippen MR) is 137 cm³/mol. The molecule has 7 nitrogen and oxygen atoms in total. The SMILES string of the molecule is Cc1cccc(NS(=O)(=O)c2cccc(C(=O)NCc3cccc(CN4CCOC(C)C4)c3)c2)c1. The minimum atomic E-state index is -3.82. The Hall–Kier alpha value is -3.20. The highest BCUT2D eigenvalue weighted by Gasteiger charge is 2.18. The highest BCUT2D eigenvalue weighted by atomic mass is 32.2. The number of nitrogens with one attached hydrogen (secondary N) is 2. The highest BCUT2D eigenvalue weighted by Crippen LogP contribution is 2.18. The molecule has 3 aromatic carbocycles. The fourth-order valence-electron chi connectivity index (χ4n) is 4.14. The van der Waals surface area contributed by atoms with Crippen molar-refractivity contribution in [1.82, 2.24) is 10.2 Å². The first-order valence-electron chi connectivity index (χ1n) is 11.7. The molecule has 0 aliphatic carbocycles. The van der Waals surface area contributed by atoms with Crippen molar-refractivity contribution in [2.75, 3.05) is 24.4 Å². The Bertz CT molecular complexity index is 1290. The Kier molecular flexibility index (Phi) is 7.85. The molecular weight excluding hydrogens is 462 g/mol. The van der Waals surface area contributed by atoms with Gasteiger partial charge in [-0.25, -0.2) is 8.42 Å². The minimum absolute atomic E-state index is 0.0355. The van der Waals surface area contributed by atoms with Crippen molar-refractivity contribution in [3.8, 4) is 0 Å². The molecule has 1 saturated heterocycles. The highest BCUT2D eigenvalue weighted by molar-refractivity contribution is 7.92. The van der Waals surface area contributed by atoms with E-state index in [2.05, 4.69) is 34.0 Å². The summed E-state index contributed by atoms with van der Waals surface area (Å²) in [6.07, 6.45) is 0.234. The molecule has 4 rings (SSSR count). The molecule has 1 heterocycles. The van der Waals surface area contributed by atoms with Gasteiger partial charge in [0.15, 0.2) is 0 Å². The summed E-state index contributed by atoms with van der Waals surface area (Å²) in [5.41, 5.74) is 3.88. The largest absolute Gasteiger partial charge is 0.376 e. The van der Waals surface area contributed by atoms with Crippen LogP contribution in [-0.4, -0.2) is 45.0 Å². The van der Waals surface area contributed by atoms with Gasteiger partial charge in [0.05, 0.1) is 17.6 Å². The van der Waals surface area contributed by atoms with Crippen LogP contribution < -0.4 is 10.0 Å². The van der Waals surface area contributed by atoms with E-state index < -0.39 is 10.0 Å². The van der Waals surface area contributed by atoms with Gasteiger partial charge < -0.3 is 10.1 Å². The number of hydrogen-bond donors (Lipinski definition) is 2. The Morgan fingerprint density at radius 1 is 1.03 bits per heavy atom. The van der Waals surface area contributed by atoms with Gasteiger partial charge in [-0.3, -0.25) is 14.4 Å². The zero-order valence-corrected chi connectivity index (χ0v) is 20.8. The zero-order chi connectivity index (χ0) is 24.8. The van der Waals surface area contributed by atoms with Gasteiger partial charge in [-0.2, -0.15) is 0 Å². The molecule has 1 aliphatic rings. The van der Waals surface area contributed by atoms with Crippen LogP contribution in [-0.2, 0) is 27.8 Å². The molecule has 0 bridgehead atoms. The summed E-state index contributed by atoms with van der Waals surface area (Å²) in [5, 5.41) is 2.90. The van der Waals surface area contributed by atoms with E-state index in [4.69, 9.17) is 4.74 Å². The van der Waals surface area contributed by atoms with Crippen molar-refractivity contribution in [2.24, 2.45) is 0 Å². The van der Waals surface area contributed by atoms with Crippen molar-refractivity contribution in [2.45, 2.75) is 37.9 Å². The van der Waals surface area contributed by atoms with Crippen LogP contribution in [0.5, 0.6) is 0 Å². The van der Waals surface area contributed by atoms with Crippen LogP contribution in [0, 0.1) is 6.92 Å². The fourth-order valence-corrected chi connectivity index (χ4v) is 5.24. The maximum absolute atomic E-state index is 12.8. The van der Waals surface area contributed by atoms with Gasteiger partial charge >= 0.3 is 0 Å². The maximum Gasteiger partial charge on any atom is 0.261 e. The van der Waals surface area contributed by atoms with Gasteiger partial charge in [-0.1, -0.05) is 42.5 Å². The van der Waals surface area contributed by atoms with E-state index in [1.54, 1.807) is 30.3 Å². The molecule has 184 valence electrons. The summed E-state index contributed by atoms with van der Waals surface area (Å²) < 4.78 is 33.8. The summed E-state index contributed by atoms with van der Waals surface area (Å²) in [6.45, 7) is 7.71. The number of amides is 1. The van der Waals surface area contributed by atoms with E-state index >= 15 is 0 Å². The summed E-state index contributed by atoms with van der Waals surface area (Å²) in [4.78, 5) is 15.2. The van der Waals surface area contributed by atoms with Gasteiger partial charge in [-0.15, -0.1) is 0 Å². The summed E-state index contributed by atoms with van der Waals surface area (Å²) in [5.74, 6) is -0.329. The van der Waals surface area contributed by atoms with Gasteiger partial charge in [0, 0.05) is 37.4 Å². The van der Waals surface area contributed by atoms with Gasteiger partial charge in [0.2, 0.25) is 0 Å². The normalized spacial score (nSPS) is 16.6. The van der Waals surface area contributed by atoms with E-state index in [9.17, 15) is 13.2 Å². The third-order valence-electron chi connectivity index (χ3n) is 5.85. The number of ether oxygens (including phenoxy) is 1. The number of aryl methyl sites for hydroxylation is 1. The zero-order valence-electron chi connectivity index (χ0n) is 20.0. The van der Waals surface area contributed by atoms with Crippen LogP contribution in [0.4, 0.5) is 5.69 Å². The van der Waals surface area contributed by atoms with Crippen LogP contribution in [0.3, 0.4) is 0 Å². The molecule has 1 amide bonds. The summed E-state index contributed by atoms with van der Waals surface area (Å²) in [6, 6.07) is 21.3. The Labute approximate surface area is 207 Å². The van der Waals surface area contributed by atoms with Crippen LogP contribution in [0.15, 0.2) is 77.7 Å². The smallest absolute Gasteiger partial charge is 0.261 e. The first-order chi connectivity index (χ1) is 16.8. The number of sulfonamides is 1. The van der Waals surface area contributed by atoms with Crippen molar-refractivity contribution in [3.05, 3.63) is 95.1 Å². The number of carbonyl (C=O) groups is 1. The van der Waals surface area contributed by atoms with E-state index in [1.807, 2.05) is 25.1 Å². The van der Waals surface area contributed by atoms with E-state index in [1.165, 1.54) is 17.7 Å². The molecule has 0 spiro atoms. The van der Waals surface area contributed by atoms with Crippen molar-refractivity contribution in [3.63, 3.8) is 0 Å². The Morgan fingerprint density at radius 2 is 1.80 bits per heavy atom. The maximum atomic E-state index is 12.8. The number of anilines is 1. The second-order valence-corrected chi connectivity index (χ2v) is 10.6. The first kappa shape index (κ1) is 24.9. The lowest BCUT2D eigenvalue weighted by atomic mass is 10.1. The number of morpholine rings is 1. The van der Waals surface area contributed by atoms with Crippen molar-refractivity contribution >= 4 is 21.6 Å². The fraction of sp³-hybridized carbons (Fsp3) is 0.296. The average molecular weight is 494 g/mol. The molecule has 0 radical (unpaired) electrons. The number of nitrogens with zero attached hydrogens (tertiary/aromatic N) is 1. The lowest BCUT2D eigenvalue weighted by Gasteiger charge is -2.31. The van der Waals surface area contributed by atoms with Crippen molar-refractivity contribution < 1.29 is 17.9 Å². The number of benzene rings is 3. The molecule has 35 heavy (non-hydrogen) atoms. The molecule has 1 unspecified atom stereocenters. The van der Waals surface area contributed by atoms with Gasteiger partial charge in [-0.05, 0) is 60.9 Å². The molecule has 1 atom stereocenters. The van der Waals surface area contributed by atoms with Crippen LogP contribution in [0.2, 0.25) is 0 Å². The predicted octanol–water partition coefficient (Wildman–Crippen LogP) is 3.95. The lowest BCUT2D eigenvalue weighted by Crippen LogP contribution is -2.40. The first-order valence-corrected chi connectivity index (χ1v) is 13.2. The third kappa shape index (κ3) is 6.91. The second-order valence-electron chi connectivity index (χ2n) is 8.92. The molecular formula is C27H31N3O4S. The number of rotatable bonds is 8. The Balaban J connectivity index is 1.38. The van der Waals surface area contributed by atoms with Crippen molar-refractivity contribution in [1.29, 1.82) is 0 Å². The third-order valence-corrected chi connectivity index (χ3v) is 7.23. The standard InChI is InChI=1S/C27H31N3O4S/c1-20-6-3-10-25(14-20)29-35(32,33)26-11-5-9-24(16-26)27(31)28-17-22-7-4-8-23(15-22)19-30-12-13-34-21(2)18-30/h3-11,14-16,21,29H,12-13,17-19H2,1-2H3,(H,28,31). The molecule has 2 N–H and O–H groups in total. The monoisotopic (exact) mass is 493 g/mol. The molecule has 1 fully saturated rings. The van der Waals surface area contributed by atoms with E-state index in [0.717, 1.165) is 37.4 Å².